The van der Waals surface area contributed by atoms with E-state index in [4.69, 9.17) is 16.6 Å². The van der Waals surface area contributed by atoms with Crippen molar-refractivity contribution in [2.24, 2.45) is 4.99 Å². The van der Waals surface area contributed by atoms with Gasteiger partial charge in [0.2, 0.25) is 5.96 Å². The Morgan fingerprint density at radius 2 is 1.14 bits per heavy atom. The Morgan fingerprint density at radius 3 is 1.54 bits per heavy atom. The maximum absolute atomic E-state index is 6.06. The highest BCUT2D eigenvalue weighted by atomic mass is 35.5. The Balaban J connectivity index is 2.28. The molecule has 0 bridgehead atoms. The Hall–Kier alpha value is -2.78. The minimum Gasteiger partial charge on any atom is -0.326 e. The topological polar surface area (TPSA) is 27.6 Å². The van der Waals surface area contributed by atoms with Crippen LogP contribution in [-0.4, -0.2) is 13.0 Å². The fourth-order valence-corrected chi connectivity index (χ4v) is 4.92. The fraction of sp³-hybridized carbons (Fsp3) is 0.424. The van der Waals surface area contributed by atoms with Crippen LogP contribution in [0.2, 0.25) is 0 Å². The first kappa shape index (κ1) is 28.8. The van der Waals surface area contributed by atoms with Gasteiger partial charge in [-0.2, -0.15) is 0 Å². The minimum absolute atomic E-state index is 0.362. The minimum atomic E-state index is 0.362. The molecule has 1 N–H and O–H groups in total. The molecule has 0 aliphatic heterocycles. The lowest BCUT2D eigenvalue weighted by Crippen LogP contribution is -2.34. The first-order valence-electron chi connectivity index (χ1n) is 13.5. The molecule has 3 aromatic carbocycles. The van der Waals surface area contributed by atoms with Gasteiger partial charge in [0.15, 0.2) is 0 Å². The summed E-state index contributed by atoms with van der Waals surface area (Å²) in [5.74, 6) is 2.80. The van der Waals surface area contributed by atoms with Crippen molar-refractivity contribution in [2.75, 3.05) is 17.3 Å². The Labute approximate surface area is 230 Å². The van der Waals surface area contributed by atoms with Gasteiger partial charge in [-0.1, -0.05) is 104 Å². The van der Waals surface area contributed by atoms with Crippen LogP contribution in [0.3, 0.4) is 0 Å². The summed E-state index contributed by atoms with van der Waals surface area (Å²) in [5.41, 5.74) is 9.54. The summed E-state index contributed by atoms with van der Waals surface area (Å²) in [7, 11) is 2.14. The van der Waals surface area contributed by atoms with Gasteiger partial charge >= 0.3 is 0 Å². The van der Waals surface area contributed by atoms with Crippen molar-refractivity contribution in [3.05, 3.63) is 88.5 Å². The molecule has 0 aliphatic carbocycles. The molecule has 0 unspecified atom stereocenters. The highest BCUT2D eigenvalue weighted by molar-refractivity contribution is 6.17. The van der Waals surface area contributed by atoms with Crippen LogP contribution in [0.15, 0.2) is 65.7 Å². The van der Waals surface area contributed by atoms with Gasteiger partial charge in [-0.15, -0.1) is 11.6 Å². The van der Waals surface area contributed by atoms with Crippen LogP contribution in [0.5, 0.6) is 0 Å². The monoisotopic (exact) mass is 517 g/mol. The van der Waals surface area contributed by atoms with E-state index in [0.29, 0.717) is 29.6 Å². The molecule has 0 aromatic heterocycles. The van der Waals surface area contributed by atoms with Gasteiger partial charge in [0.1, 0.15) is 0 Å². The third kappa shape index (κ3) is 6.76. The molecule has 0 saturated carbocycles. The second kappa shape index (κ2) is 12.6. The second-order valence-electron chi connectivity index (χ2n) is 11.1. The highest BCUT2D eigenvalue weighted by Crippen LogP contribution is 2.38. The fourth-order valence-electron chi connectivity index (χ4n) is 4.74. The SMILES string of the molecule is CC(C)c1cccc(C(C)C)c1N=C(Nc1ccc(CCl)cc1)N(C)c1c(C(C)C)cccc1C(C)C. The van der Waals surface area contributed by atoms with E-state index in [1.807, 2.05) is 0 Å². The molecule has 0 amide bonds. The van der Waals surface area contributed by atoms with Crippen molar-refractivity contribution in [3.8, 4) is 0 Å². The number of anilines is 2. The number of nitrogens with zero attached hydrogens (tertiary/aromatic N) is 2. The summed E-state index contributed by atoms with van der Waals surface area (Å²) >= 11 is 6.06. The van der Waals surface area contributed by atoms with E-state index in [-0.39, 0.29) is 0 Å². The molecule has 0 radical (unpaired) electrons. The zero-order valence-electron chi connectivity index (χ0n) is 24.1. The molecule has 3 rings (SSSR count). The summed E-state index contributed by atoms with van der Waals surface area (Å²) in [6.07, 6.45) is 0. The summed E-state index contributed by atoms with van der Waals surface area (Å²) < 4.78 is 0. The van der Waals surface area contributed by atoms with Gasteiger partial charge in [0.25, 0.3) is 0 Å². The van der Waals surface area contributed by atoms with Crippen molar-refractivity contribution in [1.29, 1.82) is 0 Å². The third-order valence-corrected chi connectivity index (χ3v) is 7.23. The van der Waals surface area contributed by atoms with Crippen molar-refractivity contribution in [1.82, 2.24) is 0 Å². The molecule has 4 heteroatoms. The first-order chi connectivity index (χ1) is 17.5. The number of halogens is 1. The number of para-hydroxylation sites is 2. The predicted octanol–water partition coefficient (Wildman–Crippen LogP) is 10.2. The summed E-state index contributed by atoms with van der Waals surface area (Å²) in [6, 6.07) is 21.6. The van der Waals surface area contributed by atoms with Crippen molar-refractivity contribution in [3.63, 3.8) is 0 Å². The van der Waals surface area contributed by atoms with Gasteiger partial charge in [-0.25, -0.2) is 4.99 Å². The molecular formula is C33H44ClN3. The van der Waals surface area contributed by atoms with Crippen LogP contribution < -0.4 is 10.2 Å². The number of hydrogen-bond donors (Lipinski definition) is 1. The van der Waals surface area contributed by atoms with E-state index in [1.165, 1.54) is 27.9 Å². The number of benzene rings is 3. The molecule has 3 aromatic rings. The average molecular weight is 518 g/mol. The molecule has 0 aliphatic rings. The van der Waals surface area contributed by atoms with E-state index < -0.39 is 0 Å². The number of nitrogens with one attached hydrogen (secondary N) is 1. The quantitative estimate of drug-likeness (QED) is 0.183. The molecule has 37 heavy (non-hydrogen) atoms. The summed E-state index contributed by atoms with van der Waals surface area (Å²) in [4.78, 5) is 7.67. The smallest absolute Gasteiger partial charge is 0.208 e. The van der Waals surface area contributed by atoms with Crippen molar-refractivity contribution < 1.29 is 0 Å². The molecule has 0 fully saturated rings. The average Bonchev–Trinajstić information content (AvgIpc) is 2.87. The Bertz CT molecular complexity index is 1150. The lowest BCUT2D eigenvalue weighted by atomic mass is 9.92. The largest absolute Gasteiger partial charge is 0.326 e. The zero-order valence-corrected chi connectivity index (χ0v) is 24.8. The number of alkyl halides is 1. The molecule has 3 nitrogen and oxygen atoms in total. The van der Waals surface area contributed by atoms with E-state index in [1.54, 1.807) is 0 Å². The van der Waals surface area contributed by atoms with Gasteiger partial charge < -0.3 is 10.2 Å². The van der Waals surface area contributed by atoms with Gasteiger partial charge in [0.05, 0.1) is 11.4 Å². The van der Waals surface area contributed by atoms with E-state index in [0.717, 1.165) is 22.9 Å². The van der Waals surface area contributed by atoms with Crippen LogP contribution in [0.1, 0.15) is 107 Å². The predicted molar refractivity (Wildman–Crippen MR) is 164 cm³/mol. The number of guanidine groups is 1. The lowest BCUT2D eigenvalue weighted by Gasteiger charge is -2.30. The van der Waals surface area contributed by atoms with Crippen molar-refractivity contribution in [2.45, 2.75) is 84.9 Å². The lowest BCUT2D eigenvalue weighted by molar-refractivity contribution is 0.828. The van der Waals surface area contributed by atoms with Crippen molar-refractivity contribution >= 4 is 34.6 Å². The van der Waals surface area contributed by atoms with Gasteiger partial charge in [0, 0.05) is 18.6 Å². The Kier molecular flexibility index (Phi) is 9.84. The normalized spacial score (nSPS) is 12.2. The van der Waals surface area contributed by atoms with Crippen LogP contribution in [-0.2, 0) is 5.88 Å². The Morgan fingerprint density at radius 1 is 0.703 bits per heavy atom. The molecule has 0 atom stereocenters. The zero-order chi connectivity index (χ0) is 27.3. The van der Waals surface area contributed by atoms with Crippen LogP contribution in [0.4, 0.5) is 17.1 Å². The first-order valence-corrected chi connectivity index (χ1v) is 14.1. The standard InChI is InChI=1S/C33H44ClN3/c1-21(2)27-12-10-13-28(22(3)4)31(27)36-33(35-26-18-16-25(20-34)17-19-26)37(9)32-29(23(5)6)14-11-15-30(32)24(7)8/h10-19,21-24H,20H2,1-9H3,(H,35,36). The maximum atomic E-state index is 6.06. The number of hydrogen-bond acceptors (Lipinski definition) is 1. The maximum Gasteiger partial charge on any atom is 0.208 e. The number of rotatable bonds is 8. The van der Waals surface area contributed by atoms with Crippen LogP contribution in [0.25, 0.3) is 0 Å². The highest BCUT2D eigenvalue weighted by Gasteiger charge is 2.22. The molecule has 198 valence electrons. The van der Waals surface area contributed by atoms with Crippen LogP contribution >= 0.6 is 11.6 Å². The van der Waals surface area contributed by atoms with Gasteiger partial charge in [-0.05, 0) is 63.6 Å². The van der Waals surface area contributed by atoms with E-state index in [9.17, 15) is 0 Å². The summed E-state index contributed by atoms with van der Waals surface area (Å²) in [5, 5.41) is 3.67. The number of aliphatic imine (C=N–C) groups is 1. The van der Waals surface area contributed by atoms with Crippen LogP contribution in [0, 0.1) is 0 Å². The van der Waals surface area contributed by atoms with E-state index in [2.05, 4.69) is 133 Å². The van der Waals surface area contributed by atoms with E-state index >= 15 is 0 Å². The molecule has 0 heterocycles. The molecule has 0 spiro atoms. The summed E-state index contributed by atoms with van der Waals surface area (Å²) in [6.45, 7) is 18.0. The third-order valence-electron chi connectivity index (χ3n) is 6.92. The van der Waals surface area contributed by atoms with Gasteiger partial charge in [-0.3, -0.25) is 0 Å². The second-order valence-corrected chi connectivity index (χ2v) is 11.4. The molecule has 0 saturated heterocycles. The molecular weight excluding hydrogens is 474 g/mol.